The summed E-state index contributed by atoms with van der Waals surface area (Å²) in [6.45, 7) is 9.00. The third-order valence-electron chi connectivity index (χ3n) is 7.46. The molecule has 4 heteroatoms. The monoisotopic (exact) mass is 495 g/mol. The lowest BCUT2D eigenvalue weighted by molar-refractivity contribution is -0.133. The van der Waals surface area contributed by atoms with E-state index in [2.05, 4.69) is 63.3 Å². The minimum Gasteiger partial charge on any atom is -0.344 e. The van der Waals surface area contributed by atoms with Crippen molar-refractivity contribution in [1.82, 2.24) is 10.2 Å². The van der Waals surface area contributed by atoms with Gasteiger partial charge in [0.15, 0.2) is 0 Å². The van der Waals surface area contributed by atoms with Gasteiger partial charge in [-0.1, -0.05) is 119 Å². The molecule has 0 aliphatic heterocycles. The Kier molecular flexibility index (Phi) is 10.1. The average molecular weight is 496 g/mol. The van der Waals surface area contributed by atoms with Gasteiger partial charge >= 0.3 is 0 Å². The Morgan fingerprint density at radius 1 is 0.865 bits per heavy atom. The summed E-state index contributed by atoms with van der Waals surface area (Å²) in [4.78, 5) is 15.5. The van der Waals surface area contributed by atoms with Crippen LogP contribution < -0.4 is 5.32 Å². The smallest absolute Gasteiger partial charge is 0.239 e. The Balaban J connectivity index is 1.74. The molecule has 0 bridgehead atoms. The molecule has 0 spiro atoms. The number of nitrogens with one attached hydrogen (secondary N) is 1. The van der Waals surface area contributed by atoms with Gasteiger partial charge in [-0.15, -0.1) is 0 Å². The predicted molar refractivity (Wildman–Crippen MR) is 152 cm³/mol. The molecule has 3 aromatic carbocycles. The van der Waals surface area contributed by atoms with Crippen LogP contribution >= 0.6 is 0 Å². The van der Waals surface area contributed by atoms with Crippen molar-refractivity contribution >= 4 is 5.91 Å². The number of benzene rings is 3. The molecule has 194 valence electrons. The van der Waals surface area contributed by atoms with Gasteiger partial charge in [-0.25, -0.2) is 0 Å². The van der Waals surface area contributed by atoms with Crippen LogP contribution in [0.1, 0.15) is 63.3 Å². The molecule has 0 aliphatic rings. The molecule has 2 atom stereocenters. The second-order valence-corrected chi connectivity index (χ2v) is 10.6. The van der Waals surface area contributed by atoms with E-state index < -0.39 is 5.41 Å². The van der Waals surface area contributed by atoms with E-state index in [1.54, 1.807) is 0 Å². The number of likely N-dealkylation sites (N-methyl/N-ethyl adjacent to an activating group) is 1. The Hall–Kier alpha value is -3.42. The molecule has 1 N–H and O–H groups in total. The number of hydrogen-bond donors (Lipinski definition) is 1. The second-order valence-electron chi connectivity index (χ2n) is 10.6. The maximum atomic E-state index is 13.7. The number of rotatable bonds is 12. The van der Waals surface area contributed by atoms with Crippen molar-refractivity contribution in [2.45, 2.75) is 58.0 Å². The van der Waals surface area contributed by atoms with Crippen molar-refractivity contribution < 1.29 is 4.79 Å². The first-order chi connectivity index (χ1) is 17.8. The van der Waals surface area contributed by atoms with Gasteiger partial charge in [-0.05, 0) is 41.4 Å². The highest BCUT2D eigenvalue weighted by Crippen LogP contribution is 2.36. The van der Waals surface area contributed by atoms with Crippen LogP contribution in [-0.2, 0) is 10.2 Å². The third kappa shape index (κ3) is 6.87. The predicted octanol–water partition coefficient (Wildman–Crippen LogP) is 6.75. The van der Waals surface area contributed by atoms with Crippen molar-refractivity contribution in [3.63, 3.8) is 0 Å². The molecule has 0 saturated heterocycles. The number of amides is 1. The van der Waals surface area contributed by atoms with E-state index in [4.69, 9.17) is 0 Å². The van der Waals surface area contributed by atoms with E-state index in [-0.39, 0.29) is 29.8 Å². The zero-order valence-corrected chi connectivity index (χ0v) is 22.9. The number of carbonyl (C=O) groups excluding carboxylic acids is 1. The van der Waals surface area contributed by atoms with Gasteiger partial charge in [0.25, 0.3) is 0 Å². The number of hydrogen-bond acceptors (Lipinski definition) is 3. The topological polar surface area (TPSA) is 56.1 Å². The maximum absolute atomic E-state index is 13.7. The first-order valence-electron chi connectivity index (χ1n) is 13.4. The van der Waals surface area contributed by atoms with E-state index >= 15 is 0 Å². The average Bonchev–Trinajstić information content (AvgIpc) is 2.92. The summed E-state index contributed by atoms with van der Waals surface area (Å²) in [7, 11) is 1.88. The summed E-state index contributed by atoms with van der Waals surface area (Å²) in [6.07, 6.45) is 1.47. The fraction of sp³-hybridized carbons (Fsp3) is 0.394. The molecular formula is C33H41N3O. The van der Waals surface area contributed by atoms with Crippen LogP contribution in [0.15, 0.2) is 91.0 Å². The van der Waals surface area contributed by atoms with Crippen LogP contribution in [0.2, 0.25) is 0 Å². The molecule has 3 aromatic rings. The molecule has 0 fully saturated rings. The Morgan fingerprint density at radius 3 is 1.78 bits per heavy atom. The fourth-order valence-corrected chi connectivity index (χ4v) is 5.10. The Morgan fingerprint density at radius 2 is 1.35 bits per heavy atom. The lowest BCUT2D eigenvalue weighted by atomic mass is 9.70. The first kappa shape index (κ1) is 28.2. The highest BCUT2D eigenvalue weighted by molar-refractivity contribution is 5.82. The Labute approximate surface area is 223 Å². The first-order valence-corrected chi connectivity index (χ1v) is 13.4. The summed E-state index contributed by atoms with van der Waals surface area (Å²) < 4.78 is 0. The minimum atomic E-state index is -0.563. The van der Waals surface area contributed by atoms with Crippen molar-refractivity contribution in [2.24, 2.45) is 11.8 Å². The van der Waals surface area contributed by atoms with Crippen LogP contribution in [0.5, 0.6) is 0 Å². The van der Waals surface area contributed by atoms with Gasteiger partial charge in [0.1, 0.15) is 0 Å². The summed E-state index contributed by atoms with van der Waals surface area (Å²) in [5, 5.41) is 13.9. The maximum Gasteiger partial charge on any atom is 0.239 e. The van der Waals surface area contributed by atoms with Gasteiger partial charge in [-0.3, -0.25) is 10.1 Å². The van der Waals surface area contributed by atoms with Gasteiger partial charge in [0.05, 0.1) is 23.6 Å². The van der Waals surface area contributed by atoms with E-state index in [1.165, 1.54) is 0 Å². The lowest BCUT2D eigenvalue weighted by Crippen LogP contribution is -2.49. The van der Waals surface area contributed by atoms with Crippen molar-refractivity contribution in [2.75, 3.05) is 13.6 Å². The van der Waals surface area contributed by atoms with Gasteiger partial charge in [-0.2, -0.15) is 5.26 Å². The normalized spacial score (nSPS) is 13.8. The van der Waals surface area contributed by atoms with Crippen LogP contribution in [0, 0.1) is 23.2 Å². The number of nitrogens with zero attached hydrogens (tertiary/aromatic N) is 2. The highest BCUT2D eigenvalue weighted by Gasteiger charge is 2.36. The van der Waals surface area contributed by atoms with Crippen LogP contribution in [0.4, 0.5) is 0 Å². The molecule has 0 unspecified atom stereocenters. The standard InChI is InChI=1S/C33H41N3O/c1-25(2)30(35-31(27-16-9-6-10-17-27)28-18-11-7-12-19-28)32(37)36(5)23-15-22-33(24-34,26(3)4)29-20-13-8-14-21-29/h6-14,16-21,25-26,30-31,35H,15,22-23H2,1-5H3/t30-,33-/m0/s1. The zero-order chi connectivity index (χ0) is 26.8. The second kappa shape index (κ2) is 13.2. The van der Waals surface area contributed by atoms with Crippen molar-refractivity contribution in [1.29, 1.82) is 5.26 Å². The van der Waals surface area contributed by atoms with E-state index in [9.17, 15) is 10.1 Å². The van der Waals surface area contributed by atoms with Gasteiger partial charge < -0.3 is 4.90 Å². The van der Waals surface area contributed by atoms with Crippen LogP contribution in [-0.4, -0.2) is 30.4 Å². The quantitative estimate of drug-likeness (QED) is 0.302. The molecule has 0 heterocycles. The summed E-state index contributed by atoms with van der Waals surface area (Å²) >= 11 is 0. The zero-order valence-electron chi connectivity index (χ0n) is 22.9. The minimum absolute atomic E-state index is 0.0821. The molecule has 0 radical (unpaired) electrons. The third-order valence-corrected chi connectivity index (χ3v) is 7.46. The van der Waals surface area contributed by atoms with Gasteiger partial charge in [0.2, 0.25) is 5.91 Å². The molecular weight excluding hydrogens is 454 g/mol. The summed E-state index contributed by atoms with van der Waals surface area (Å²) in [5.74, 6) is 0.366. The summed E-state index contributed by atoms with van der Waals surface area (Å²) in [6, 6.07) is 32.8. The Bertz CT molecular complexity index is 1100. The number of nitriles is 1. The van der Waals surface area contributed by atoms with E-state index in [0.717, 1.165) is 23.1 Å². The number of carbonyl (C=O) groups is 1. The largest absolute Gasteiger partial charge is 0.344 e. The van der Waals surface area contributed by atoms with E-state index in [1.807, 2.05) is 78.7 Å². The highest BCUT2D eigenvalue weighted by atomic mass is 16.2. The fourth-order valence-electron chi connectivity index (χ4n) is 5.10. The SMILES string of the molecule is CC(C)[C@H](NC(c1ccccc1)c1ccccc1)C(=O)N(C)CCC[C@@](C#N)(c1ccccc1)C(C)C. The van der Waals surface area contributed by atoms with Crippen molar-refractivity contribution in [3.05, 3.63) is 108 Å². The van der Waals surface area contributed by atoms with E-state index in [0.29, 0.717) is 13.0 Å². The molecule has 37 heavy (non-hydrogen) atoms. The molecule has 3 rings (SSSR count). The van der Waals surface area contributed by atoms with Crippen molar-refractivity contribution in [3.8, 4) is 6.07 Å². The molecule has 4 nitrogen and oxygen atoms in total. The van der Waals surface area contributed by atoms with Crippen LogP contribution in [0.3, 0.4) is 0 Å². The molecule has 0 aliphatic carbocycles. The molecule has 0 saturated carbocycles. The summed E-state index contributed by atoms with van der Waals surface area (Å²) in [5.41, 5.74) is 2.76. The molecule has 0 aromatic heterocycles. The van der Waals surface area contributed by atoms with Gasteiger partial charge in [0, 0.05) is 13.6 Å². The molecule has 1 amide bonds. The van der Waals surface area contributed by atoms with Crippen LogP contribution in [0.25, 0.3) is 0 Å². The lowest BCUT2D eigenvalue weighted by Gasteiger charge is -2.34.